The van der Waals surface area contributed by atoms with Crippen molar-refractivity contribution in [3.63, 3.8) is 0 Å². The van der Waals surface area contributed by atoms with Crippen LogP contribution in [-0.4, -0.2) is 33.2 Å². The molecule has 1 fully saturated rings. The van der Waals surface area contributed by atoms with Crippen LogP contribution in [-0.2, 0) is 20.4 Å². The molecule has 1 amide bonds. The third-order valence-electron chi connectivity index (χ3n) is 3.25. The van der Waals surface area contributed by atoms with Gasteiger partial charge in [0.25, 0.3) is 0 Å². The van der Waals surface area contributed by atoms with Gasteiger partial charge in [-0.1, -0.05) is 18.6 Å². The minimum absolute atomic E-state index is 0.0155. The van der Waals surface area contributed by atoms with Gasteiger partial charge in [0, 0.05) is 11.9 Å². The van der Waals surface area contributed by atoms with E-state index < -0.39 is 9.84 Å². The lowest BCUT2D eigenvalue weighted by molar-refractivity contribution is -0.118. The van der Waals surface area contributed by atoms with E-state index in [1.165, 1.54) is 6.26 Å². The van der Waals surface area contributed by atoms with Crippen molar-refractivity contribution in [1.29, 1.82) is 0 Å². The average Bonchev–Trinajstić information content (AvgIpc) is 2.38. The molecule has 1 aromatic carbocycles. The molecule has 1 aliphatic rings. The van der Waals surface area contributed by atoms with Crippen LogP contribution < -0.4 is 10.6 Å². The predicted molar refractivity (Wildman–Crippen MR) is 79.3 cm³/mol. The lowest BCUT2D eigenvalue weighted by atomic mass is 10.0. The van der Waals surface area contributed by atoms with Gasteiger partial charge in [0.2, 0.25) is 5.91 Å². The SMILES string of the molecule is CS(=O)(=O)Cc1cccc(NC(=O)C2CCCCN2)c1. The number of benzene rings is 1. The summed E-state index contributed by atoms with van der Waals surface area (Å²) in [5.41, 5.74) is 1.32. The molecular formula is C14H20N2O3S. The molecule has 6 heteroatoms. The zero-order chi connectivity index (χ0) is 14.6. The summed E-state index contributed by atoms with van der Waals surface area (Å²) in [7, 11) is -3.07. The van der Waals surface area contributed by atoms with Gasteiger partial charge >= 0.3 is 0 Å². The Bertz CT molecular complexity index is 578. The second-order valence-corrected chi connectivity index (χ2v) is 7.40. The molecule has 20 heavy (non-hydrogen) atoms. The molecule has 2 rings (SSSR count). The number of hydrogen-bond acceptors (Lipinski definition) is 4. The highest BCUT2D eigenvalue weighted by Gasteiger charge is 2.20. The Balaban J connectivity index is 2.02. The van der Waals surface area contributed by atoms with E-state index in [4.69, 9.17) is 0 Å². The van der Waals surface area contributed by atoms with E-state index in [-0.39, 0.29) is 17.7 Å². The van der Waals surface area contributed by atoms with Crippen LogP contribution in [0.1, 0.15) is 24.8 Å². The van der Waals surface area contributed by atoms with Crippen molar-refractivity contribution in [2.75, 3.05) is 18.1 Å². The summed E-state index contributed by atoms with van der Waals surface area (Å²) in [5, 5.41) is 6.03. The smallest absolute Gasteiger partial charge is 0.241 e. The first kappa shape index (κ1) is 15.0. The van der Waals surface area contributed by atoms with E-state index >= 15 is 0 Å². The summed E-state index contributed by atoms with van der Waals surface area (Å²) in [6, 6.07) is 6.83. The van der Waals surface area contributed by atoms with Gasteiger partial charge < -0.3 is 10.6 Å². The van der Waals surface area contributed by atoms with Crippen LogP contribution in [0.15, 0.2) is 24.3 Å². The van der Waals surface area contributed by atoms with Gasteiger partial charge in [-0.25, -0.2) is 8.42 Å². The highest BCUT2D eigenvalue weighted by atomic mass is 32.2. The number of carbonyl (C=O) groups is 1. The third kappa shape index (κ3) is 4.61. The van der Waals surface area contributed by atoms with E-state index in [2.05, 4.69) is 10.6 Å². The Morgan fingerprint density at radius 3 is 2.85 bits per heavy atom. The summed E-state index contributed by atoms with van der Waals surface area (Å²) in [6.07, 6.45) is 4.20. The molecule has 110 valence electrons. The second kappa shape index (κ2) is 6.37. The number of piperidine rings is 1. The molecule has 0 aliphatic carbocycles. The summed E-state index contributed by atoms with van der Waals surface area (Å²) in [5.74, 6) is -0.0699. The number of hydrogen-bond donors (Lipinski definition) is 2. The fraction of sp³-hybridized carbons (Fsp3) is 0.500. The van der Waals surface area contributed by atoms with E-state index in [1.54, 1.807) is 24.3 Å². The Kier molecular flexibility index (Phi) is 4.77. The number of carbonyl (C=O) groups excluding carboxylic acids is 1. The van der Waals surface area contributed by atoms with E-state index in [0.29, 0.717) is 11.3 Å². The molecular weight excluding hydrogens is 276 g/mol. The van der Waals surface area contributed by atoms with Crippen LogP contribution in [0.3, 0.4) is 0 Å². The van der Waals surface area contributed by atoms with Crippen LogP contribution in [0.5, 0.6) is 0 Å². The first-order valence-corrected chi connectivity index (χ1v) is 8.81. The quantitative estimate of drug-likeness (QED) is 0.878. The molecule has 1 aromatic rings. The average molecular weight is 296 g/mol. The van der Waals surface area contributed by atoms with Crippen LogP contribution in [0.2, 0.25) is 0 Å². The first-order chi connectivity index (χ1) is 9.44. The summed E-state index contributed by atoms with van der Waals surface area (Å²) in [4.78, 5) is 12.1. The fourth-order valence-corrected chi connectivity index (χ4v) is 3.13. The summed E-state index contributed by atoms with van der Waals surface area (Å²) < 4.78 is 22.6. The van der Waals surface area contributed by atoms with Gasteiger partial charge in [-0.2, -0.15) is 0 Å². The first-order valence-electron chi connectivity index (χ1n) is 6.75. The van der Waals surface area contributed by atoms with E-state index in [1.807, 2.05) is 0 Å². The van der Waals surface area contributed by atoms with Gasteiger partial charge in [-0.15, -0.1) is 0 Å². The maximum absolute atomic E-state index is 12.1. The lowest BCUT2D eigenvalue weighted by Crippen LogP contribution is -2.43. The molecule has 1 heterocycles. The number of anilines is 1. The van der Waals surface area contributed by atoms with Crippen LogP contribution in [0.4, 0.5) is 5.69 Å². The normalized spacial score (nSPS) is 19.6. The molecule has 0 spiro atoms. The molecule has 2 N–H and O–H groups in total. The van der Waals surface area contributed by atoms with Crippen molar-refractivity contribution in [1.82, 2.24) is 5.32 Å². The molecule has 1 unspecified atom stereocenters. The molecule has 0 radical (unpaired) electrons. The molecule has 1 atom stereocenters. The lowest BCUT2D eigenvalue weighted by Gasteiger charge is -2.22. The topological polar surface area (TPSA) is 75.3 Å². The number of amides is 1. The highest BCUT2D eigenvalue weighted by molar-refractivity contribution is 7.89. The number of nitrogens with one attached hydrogen (secondary N) is 2. The fourth-order valence-electron chi connectivity index (χ4n) is 2.35. The van der Waals surface area contributed by atoms with Crippen LogP contribution in [0, 0.1) is 0 Å². The van der Waals surface area contributed by atoms with Gasteiger partial charge in [-0.05, 0) is 37.1 Å². The van der Waals surface area contributed by atoms with Gasteiger partial charge in [0.05, 0.1) is 11.8 Å². The minimum Gasteiger partial charge on any atom is -0.325 e. The Labute approximate surface area is 119 Å². The number of rotatable bonds is 4. The Morgan fingerprint density at radius 2 is 2.20 bits per heavy atom. The highest BCUT2D eigenvalue weighted by Crippen LogP contribution is 2.15. The molecule has 1 saturated heterocycles. The number of sulfone groups is 1. The Hall–Kier alpha value is -1.40. The molecule has 1 aliphatic heterocycles. The molecule has 5 nitrogen and oxygen atoms in total. The van der Waals surface area contributed by atoms with Gasteiger partial charge in [0.1, 0.15) is 0 Å². The largest absolute Gasteiger partial charge is 0.325 e. The van der Waals surface area contributed by atoms with Crippen LogP contribution in [0.25, 0.3) is 0 Å². The van der Waals surface area contributed by atoms with Crippen molar-refractivity contribution < 1.29 is 13.2 Å². The van der Waals surface area contributed by atoms with Crippen LogP contribution >= 0.6 is 0 Å². The predicted octanol–water partition coefficient (Wildman–Crippen LogP) is 1.31. The molecule has 0 bridgehead atoms. The third-order valence-corrected chi connectivity index (χ3v) is 4.11. The minimum atomic E-state index is -3.07. The second-order valence-electron chi connectivity index (χ2n) is 5.26. The standard InChI is InChI=1S/C14H20N2O3S/c1-20(18,19)10-11-5-4-6-12(9-11)16-14(17)13-7-2-3-8-15-13/h4-6,9,13,15H,2-3,7-8,10H2,1H3,(H,16,17). The van der Waals surface area contributed by atoms with Crippen molar-refractivity contribution >= 4 is 21.4 Å². The van der Waals surface area contributed by atoms with Gasteiger partial charge in [0.15, 0.2) is 9.84 Å². The monoisotopic (exact) mass is 296 g/mol. The van der Waals surface area contributed by atoms with E-state index in [0.717, 1.165) is 25.8 Å². The van der Waals surface area contributed by atoms with Crippen molar-refractivity contribution in [2.45, 2.75) is 31.1 Å². The van der Waals surface area contributed by atoms with Crippen molar-refractivity contribution in [2.24, 2.45) is 0 Å². The maximum atomic E-state index is 12.1. The van der Waals surface area contributed by atoms with E-state index in [9.17, 15) is 13.2 Å². The Morgan fingerprint density at radius 1 is 1.40 bits per heavy atom. The molecule has 0 aromatic heterocycles. The zero-order valence-electron chi connectivity index (χ0n) is 11.6. The molecule has 0 saturated carbocycles. The zero-order valence-corrected chi connectivity index (χ0v) is 12.4. The van der Waals surface area contributed by atoms with Crippen molar-refractivity contribution in [3.8, 4) is 0 Å². The summed E-state index contributed by atoms with van der Waals surface area (Å²) >= 11 is 0. The van der Waals surface area contributed by atoms with Crippen molar-refractivity contribution in [3.05, 3.63) is 29.8 Å². The summed E-state index contributed by atoms with van der Waals surface area (Å²) in [6.45, 7) is 0.867. The van der Waals surface area contributed by atoms with Gasteiger partial charge in [-0.3, -0.25) is 4.79 Å². The maximum Gasteiger partial charge on any atom is 0.241 e.